The lowest BCUT2D eigenvalue weighted by Crippen LogP contribution is -2.01. The van der Waals surface area contributed by atoms with Gasteiger partial charge in [-0.2, -0.15) is 0 Å². The predicted octanol–water partition coefficient (Wildman–Crippen LogP) is 4.37. The van der Waals surface area contributed by atoms with Crippen LogP contribution < -0.4 is 0 Å². The van der Waals surface area contributed by atoms with Crippen LogP contribution in [0.1, 0.15) is 68.9 Å². The van der Waals surface area contributed by atoms with E-state index in [0.717, 1.165) is 11.5 Å². The predicted molar refractivity (Wildman–Crippen MR) is 63.2 cm³/mol. The fraction of sp³-hybridized carbons (Fsp3) is 0.769. The van der Waals surface area contributed by atoms with Crippen LogP contribution in [0.15, 0.2) is 4.52 Å². The number of unbranched alkanes of at least 4 members (excludes halogenated alkanes) is 1. The van der Waals surface area contributed by atoms with Crippen LogP contribution in [0.5, 0.6) is 0 Å². The zero-order valence-corrected chi connectivity index (χ0v) is 10.5. The Hall–Kier alpha value is -0.790. The Kier molecular flexibility index (Phi) is 4.86. The van der Waals surface area contributed by atoms with Gasteiger partial charge in [0.15, 0.2) is 0 Å². The van der Waals surface area contributed by atoms with Crippen LogP contribution in [0.3, 0.4) is 0 Å². The van der Waals surface area contributed by atoms with E-state index in [0.29, 0.717) is 5.92 Å². The Morgan fingerprint density at radius 3 is 2.33 bits per heavy atom. The monoisotopic (exact) mass is 209 g/mol. The van der Waals surface area contributed by atoms with Gasteiger partial charge in [-0.3, -0.25) is 0 Å². The second-order valence-corrected chi connectivity index (χ2v) is 4.37. The number of hydrogen-bond donors (Lipinski definition) is 0. The molecule has 0 N–H and O–H groups in total. The summed E-state index contributed by atoms with van der Waals surface area (Å²) in [5, 5.41) is 4.05. The molecule has 1 rings (SSSR count). The quantitative estimate of drug-likeness (QED) is 0.695. The fourth-order valence-corrected chi connectivity index (χ4v) is 2.30. The molecule has 2 heteroatoms. The first-order valence-corrected chi connectivity index (χ1v) is 6.13. The minimum Gasteiger partial charge on any atom is -0.361 e. The Morgan fingerprint density at radius 2 is 1.87 bits per heavy atom. The van der Waals surface area contributed by atoms with E-state index in [9.17, 15) is 0 Å². The molecule has 86 valence electrons. The third-order valence-electron chi connectivity index (χ3n) is 3.04. The summed E-state index contributed by atoms with van der Waals surface area (Å²) >= 11 is 0. The van der Waals surface area contributed by atoms with E-state index in [1.807, 2.05) is 6.92 Å². The molecule has 0 aliphatic rings. The van der Waals surface area contributed by atoms with Crippen molar-refractivity contribution in [2.75, 3.05) is 0 Å². The molecule has 0 saturated heterocycles. The molecular formula is C13H23NO. The molecule has 1 heterocycles. The van der Waals surface area contributed by atoms with Crippen LogP contribution in [0, 0.1) is 13.8 Å². The summed E-state index contributed by atoms with van der Waals surface area (Å²) in [6, 6.07) is 0. The van der Waals surface area contributed by atoms with Crippen LogP contribution >= 0.6 is 0 Å². The van der Waals surface area contributed by atoms with Crippen molar-refractivity contribution in [1.82, 2.24) is 5.16 Å². The Balaban J connectivity index is 2.78. The van der Waals surface area contributed by atoms with Crippen LogP contribution in [-0.2, 0) is 0 Å². The van der Waals surface area contributed by atoms with Crippen LogP contribution in [0.2, 0.25) is 0 Å². The molecule has 0 amide bonds. The average Bonchev–Trinajstić information content (AvgIpc) is 2.54. The molecule has 0 saturated carbocycles. The van der Waals surface area contributed by atoms with E-state index < -0.39 is 0 Å². The van der Waals surface area contributed by atoms with Gasteiger partial charge in [-0.05, 0) is 32.6 Å². The van der Waals surface area contributed by atoms with Crippen molar-refractivity contribution in [3.8, 4) is 0 Å². The molecule has 0 bridgehead atoms. The number of aryl methyl sites for hydroxylation is 2. The van der Waals surface area contributed by atoms with Crippen molar-refractivity contribution < 1.29 is 4.52 Å². The van der Waals surface area contributed by atoms with E-state index in [2.05, 4.69) is 25.9 Å². The standard InChI is InChI=1S/C13H23NO/c1-5-7-9-12(8-6-2)13-10(3)14-15-11(13)4/h12H,5-9H2,1-4H3. The zero-order chi connectivity index (χ0) is 11.3. The molecule has 0 aliphatic carbocycles. The van der Waals surface area contributed by atoms with Crippen molar-refractivity contribution in [2.24, 2.45) is 0 Å². The normalized spacial score (nSPS) is 13.1. The van der Waals surface area contributed by atoms with E-state index in [4.69, 9.17) is 4.52 Å². The second-order valence-electron chi connectivity index (χ2n) is 4.37. The van der Waals surface area contributed by atoms with Gasteiger partial charge < -0.3 is 4.52 Å². The van der Waals surface area contributed by atoms with Crippen molar-refractivity contribution in [2.45, 2.75) is 65.7 Å². The number of hydrogen-bond acceptors (Lipinski definition) is 2. The van der Waals surface area contributed by atoms with Crippen LogP contribution in [-0.4, -0.2) is 5.16 Å². The van der Waals surface area contributed by atoms with Gasteiger partial charge in [0.1, 0.15) is 5.76 Å². The number of rotatable bonds is 6. The van der Waals surface area contributed by atoms with E-state index >= 15 is 0 Å². The summed E-state index contributed by atoms with van der Waals surface area (Å²) in [4.78, 5) is 0. The molecule has 0 spiro atoms. The summed E-state index contributed by atoms with van der Waals surface area (Å²) in [7, 11) is 0. The fourth-order valence-electron chi connectivity index (χ4n) is 2.30. The summed E-state index contributed by atoms with van der Waals surface area (Å²) in [6.07, 6.45) is 6.33. The third-order valence-corrected chi connectivity index (χ3v) is 3.04. The molecule has 15 heavy (non-hydrogen) atoms. The highest BCUT2D eigenvalue weighted by atomic mass is 16.5. The lowest BCUT2D eigenvalue weighted by Gasteiger charge is -2.15. The maximum absolute atomic E-state index is 5.25. The largest absolute Gasteiger partial charge is 0.361 e. The number of nitrogens with zero attached hydrogens (tertiary/aromatic N) is 1. The van der Waals surface area contributed by atoms with Gasteiger partial charge in [0.05, 0.1) is 5.69 Å². The second kappa shape index (κ2) is 5.94. The van der Waals surface area contributed by atoms with Gasteiger partial charge in [-0.1, -0.05) is 38.3 Å². The lowest BCUT2D eigenvalue weighted by molar-refractivity contribution is 0.390. The minimum absolute atomic E-state index is 0.654. The van der Waals surface area contributed by atoms with E-state index in [1.54, 1.807) is 0 Å². The maximum Gasteiger partial charge on any atom is 0.137 e. The van der Waals surface area contributed by atoms with Gasteiger partial charge in [0.2, 0.25) is 0 Å². The summed E-state index contributed by atoms with van der Waals surface area (Å²) in [5.41, 5.74) is 2.45. The van der Waals surface area contributed by atoms with Gasteiger partial charge in [-0.25, -0.2) is 0 Å². The van der Waals surface area contributed by atoms with Gasteiger partial charge >= 0.3 is 0 Å². The first-order valence-electron chi connectivity index (χ1n) is 6.13. The smallest absolute Gasteiger partial charge is 0.137 e. The first-order chi connectivity index (χ1) is 7.20. The Morgan fingerprint density at radius 1 is 1.13 bits per heavy atom. The molecule has 1 aromatic heterocycles. The molecule has 0 aliphatic heterocycles. The third kappa shape index (κ3) is 3.08. The molecule has 1 aromatic rings. The van der Waals surface area contributed by atoms with Crippen molar-refractivity contribution in [1.29, 1.82) is 0 Å². The molecule has 0 aromatic carbocycles. The molecule has 1 atom stereocenters. The van der Waals surface area contributed by atoms with Gasteiger partial charge in [-0.15, -0.1) is 0 Å². The number of aromatic nitrogens is 1. The Bertz CT molecular complexity index is 271. The summed E-state index contributed by atoms with van der Waals surface area (Å²) < 4.78 is 5.25. The van der Waals surface area contributed by atoms with Crippen LogP contribution in [0.4, 0.5) is 0 Å². The topological polar surface area (TPSA) is 26.0 Å². The molecule has 2 nitrogen and oxygen atoms in total. The SMILES string of the molecule is CCCCC(CCC)c1c(C)noc1C. The Labute approximate surface area is 93.0 Å². The highest BCUT2D eigenvalue weighted by molar-refractivity contribution is 5.25. The van der Waals surface area contributed by atoms with Crippen molar-refractivity contribution in [3.05, 3.63) is 17.0 Å². The molecule has 0 radical (unpaired) electrons. The summed E-state index contributed by atoms with van der Waals surface area (Å²) in [5.74, 6) is 1.67. The van der Waals surface area contributed by atoms with Gasteiger partial charge in [0.25, 0.3) is 0 Å². The summed E-state index contributed by atoms with van der Waals surface area (Å²) in [6.45, 7) is 8.58. The van der Waals surface area contributed by atoms with Crippen LogP contribution in [0.25, 0.3) is 0 Å². The lowest BCUT2D eigenvalue weighted by atomic mass is 9.88. The highest BCUT2D eigenvalue weighted by Crippen LogP contribution is 2.31. The van der Waals surface area contributed by atoms with E-state index in [-0.39, 0.29) is 0 Å². The highest BCUT2D eigenvalue weighted by Gasteiger charge is 2.18. The molecule has 1 unspecified atom stereocenters. The molecular weight excluding hydrogens is 186 g/mol. The zero-order valence-electron chi connectivity index (χ0n) is 10.5. The van der Waals surface area contributed by atoms with Crippen molar-refractivity contribution >= 4 is 0 Å². The van der Waals surface area contributed by atoms with Crippen molar-refractivity contribution in [3.63, 3.8) is 0 Å². The van der Waals surface area contributed by atoms with E-state index in [1.165, 1.54) is 37.7 Å². The average molecular weight is 209 g/mol. The molecule has 0 fully saturated rings. The maximum atomic E-state index is 5.25. The minimum atomic E-state index is 0.654. The van der Waals surface area contributed by atoms with Gasteiger partial charge in [0, 0.05) is 5.56 Å². The first kappa shape index (κ1) is 12.3.